The zero-order valence-corrected chi connectivity index (χ0v) is 10.5. The first-order valence-electron chi connectivity index (χ1n) is 6.54. The van der Waals surface area contributed by atoms with E-state index in [-0.39, 0.29) is 0 Å². The van der Waals surface area contributed by atoms with Crippen LogP contribution >= 0.6 is 0 Å². The number of para-hydroxylation sites is 1. The van der Waals surface area contributed by atoms with Crippen molar-refractivity contribution in [1.29, 1.82) is 0 Å². The standard InChI is InChI=1S/C16H10N4/c1-2-5-12-9(4-1)10-8-11-14-13(6-3-7-17-14)19-16(11)20-15(10)18-12/h1-8H,(H2,18,19,20). The van der Waals surface area contributed by atoms with Gasteiger partial charge in [0.2, 0.25) is 0 Å². The van der Waals surface area contributed by atoms with Crippen LogP contribution in [0, 0.1) is 0 Å². The molecule has 0 amide bonds. The lowest BCUT2D eigenvalue weighted by Gasteiger charge is -1.92. The third-order valence-corrected chi connectivity index (χ3v) is 3.81. The Balaban J connectivity index is 2.06. The van der Waals surface area contributed by atoms with Gasteiger partial charge in [0.15, 0.2) is 0 Å². The van der Waals surface area contributed by atoms with Gasteiger partial charge in [-0.25, -0.2) is 4.98 Å². The first-order chi connectivity index (χ1) is 9.90. The first-order valence-corrected chi connectivity index (χ1v) is 6.54. The average Bonchev–Trinajstić information content (AvgIpc) is 3.02. The number of benzene rings is 1. The number of nitrogens with one attached hydrogen (secondary N) is 2. The van der Waals surface area contributed by atoms with Crippen molar-refractivity contribution in [3.8, 4) is 0 Å². The highest BCUT2D eigenvalue weighted by molar-refractivity contribution is 6.13. The molecule has 0 radical (unpaired) electrons. The van der Waals surface area contributed by atoms with Crippen molar-refractivity contribution in [2.45, 2.75) is 0 Å². The fourth-order valence-electron chi connectivity index (χ4n) is 2.89. The molecule has 4 aromatic heterocycles. The lowest BCUT2D eigenvalue weighted by atomic mass is 10.1. The van der Waals surface area contributed by atoms with E-state index >= 15 is 0 Å². The number of H-pyrrole nitrogens is 2. The number of hydrogen-bond donors (Lipinski definition) is 2. The quantitative estimate of drug-likeness (QED) is 0.444. The van der Waals surface area contributed by atoms with E-state index in [2.05, 4.69) is 33.2 Å². The van der Waals surface area contributed by atoms with Crippen molar-refractivity contribution in [2.24, 2.45) is 0 Å². The van der Waals surface area contributed by atoms with Gasteiger partial charge < -0.3 is 9.97 Å². The highest BCUT2D eigenvalue weighted by atomic mass is 14.9. The summed E-state index contributed by atoms with van der Waals surface area (Å²) in [4.78, 5) is 15.8. The lowest BCUT2D eigenvalue weighted by molar-refractivity contribution is 1.35. The van der Waals surface area contributed by atoms with Crippen LogP contribution in [-0.4, -0.2) is 19.9 Å². The van der Waals surface area contributed by atoms with E-state index in [9.17, 15) is 0 Å². The highest BCUT2D eigenvalue weighted by Gasteiger charge is 2.11. The highest BCUT2D eigenvalue weighted by Crippen LogP contribution is 2.29. The van der Waals surface area contributed by atoms with Gasteiger partial charge in [-0.2, -0.15) is 0 Å². The molecule has 0 fully saturated rings. The van der Waals surface area contributed by atoms with Crippen LogP contribution in [0.1, 0.15) is 0 Å². The molecule has 4 nitrogen and oxygen atoms in total. The molecule has 4 heterocycles. The zero-order valence-electron chi connectivity index (χ0n) is 10.5. The monoisotopic (exact) mass is 258 g/mol. The molecule has 0 atom stereocenters. The third-order valence-electron chi connectivity index (χ3n) is 3.81. The Bertz CT molecular complexity index is 1020. The van der Waals surface area contributed by atoms with Crippen LogP contribution in [0.5, 0.6) is 0 Å². The average molecular weight is 258 g/mol. The summed E-state index contributed by atoms with van der Waals surface area (Å²) in [5.41, 5.74) is 4.89. The smallest absolute Gasteiger partial charge is 0.142 e. The fourth-order valence-corrected chi connectivity index (χ4v) is 2.89. The molecular formula is C16H10N4. The van der Waals surface area contributed by atoms with E-state index < -0.39 is 0 Å². The molecule has 5 rings (SSSR count). The van der Waals surface area contributed by atoms with Gasteiger partial charge in [-0.05, 0) is 24.3 Å². The number of hydrogen-bond acceptors (Lipinski definition) is 2. The van der Waals surface area contributed by atoms with E-state index in [1.165, 1.54) is 5.39 Å². The Hall–Kier alpha value is -2.88. The van der Waals surface area contributed by atoms with Gasteiger partial charge >= 0.3 is 0 Å². The number of nitrogens with zero attached hydrogens (tertiary/aromatic N) is 2. The number of fused-ring (bicyclic) bond motifs is 6. The van der Waals surface area contributed by atoms with Crippen LogP contribution in [0.4, 0.5) is 0 Å². The van der Waals surface area contributed by atoms with Gasteiger partial charge in [-0.3, -0.25) is 4.98 Å². The number of aromatic amines is 2. The molecule has 0 saturated heterocycles. The maximum atomic E-state index is 4.70. The van der Waals surface area contributed by atoms with Crippen molar-refractivity contribution in [1.82, 2.24) is 19.9 Å². The summed E-state index contributed by atoms with van der Waals surface area (Å²) >= 11 is 0. The maximum absolute atomic E-state index is 4.70. The van der Waals surface area contributed by atoms with Gasteiger partial charge in [0.1, 0.15) is 11.3 Å². The van der Waals surface area contributed by atoms with Gasteiger partial charge in [-0.15, -0.1) is 0 Å². The largest absolute Gasteiger partial charge is 0.339 e. The molecule has 94 valence electrons. The minimum Gasteiger partial charge on any atom is -0.339 e. The van der Waals surface area contributed by atoms with Crippen molar-refractivity contribution in [2.75, 3.05) is 0 Å². The van der Waals surface area contributed by atoms with Crippen molar-refractivity contribution < 1.29 is 0 Å². The Morgan fingerprint density at radius 1 is 0.750 bits per heavy atom. The van der Waals surface area contributed by atoms with E-state index in [0.717, 1.165) is 38.6 Å². The van der Waals surface area contributed by atoms with E-state index in [1.54, 1.807) is 0 Å². The van der Waals surface area contributed by atoms with Gasteiger partial charge in [0.25, 0.3) is 0 Å². The predicted octanol–water partition coefficient (Wildman–Crippen LogP) is 3.75. The van der Waals surface area contributed by atoms with Crippen LogP contribution < -0.4 is 0 Å². The second kappa shape index (κ2) is 3.36. The van der Waals surface area contributed by atoms with Crippen LogP contribution in [0.25, 0.3) is 44.0 Å². The second-order valence-electron chi connectivity index (χ2n) is 4.98. The molecule has 0 saturated carbocycles. The molecule has 4 heteroatoms. The SMILES string of the molecule is c1ccc2c(c1)[nH]c1nc3[nH]c4cccnc4c3cc12. The lowest BCUT2D eigenvalue weighted by Crippen LogP contribution is -1.78. The van der Waals surface area contributed by atoms with Crippen LogP contribution in [0.2, 0.25) is 0 Å². The summed E-state index contributed by atoms with van der Waals surface area (Å²) in [6.07, 6.45) is 1.81. The minimum absolute atomic E-state index is 0.873. The topological polar surface area (TPSA) is 57.4 Å². The molecule has 20 heavy (non-hydrogen) atoms. The summed E-state index contributed by atoms with van der Waals surface area (Å²) in [5.74, 6) is 0. The number of aromatic nitrogens is 4. The molecule has 0 spiro atoms. The van der Waals surface area contributed by atoms with Crippen molar-refractivity contribution >= 4 is 44.0 Å². The maximum Gasteiger partial charge on any atom is 0.142 e. The zero-order chi connectivity index (χ0) is 13.1. The molecular weight excluding hydrogens is 248 g/mol. The normalized spacial score (nSPS) is 12.0. The molecule has 0 unspecified atom stereocenters. The second-order valence-corrected chi connectivity index (χ2v) is 4.98. The van der Waals surface area contributed by atoms with Gasteiger partial charge in [0, 0.05) is 27.9 Å². The predicted molar refractivity (Wildman–Crippen MR) is 80.8 cm³/mol. The summed E-state index contributed by atoms with van der Waals surface area (Å²) in [7, 11) is 0. The molecule has 0 bridgehead atoms. The Morgan fingerprint density at radius 3 is 2.55 bits per heavy atom. The number of rotatable bonds is 0. The Morgan fingerprint density at radius 2 is 1.55 bits per heavy atom. The first kappa shape index (κ1) is 9.97. The van der Waals surface area contributed by atoms with E-state index in [4.69, 9.17) is 4.98 Å². The van der Waals surface area contributed by atoms with Gasteiger partial charge in [0.05, 0.1) is 11.0 Å². The molecule has 2 N–H and O–H groups in total. The summed E-state index contributed by atoms with van der Waals surface area (Å²) in [6.45, 7) is 0. The van der Waals surface area contributed by atoms with Crippen LogP contribution in [0.15, 0.2) is 48.7 Å². The third kappa shape index (κ3) is 1.15. The summed E-state index contributed by atoms with van der Waals surface area (Å²) < 4.78 is 0. The van der Waals surface area contributed by atoms with Crippen molar-refractivity contribution in [3.63, 3.8) is 0 Å². The molecule has 0 aliphatic rings. The van der Waals surface area contributed by atoms with Crippen molar-refractivity contribution in [3.05, 3.63) is 48.7 Å². The molecule has 1 aromatic carbocycles. The Kier molecular flexibility index (Phi) is 1.68. The summed E-state index contributed by atoms with van der Waals surface area (Å²) in [5, 5.41) is 3.40. The number of pyridine rings is 2. The molecule has 5 aromatic rings. The van der Waals surface area contributed by atoms with Gasteiger partial charge in [-0.1, -0.05) is 18.2 Å². The van der Waals surface area contributed by atoms with Crippen LogP contribution in [0.3, 0.4) is 0 Å². The van der Waals surface area contributed by atoms with Crippen LogP contribution in [-0.2, 0) is 0 Å². The van der Waals surface area contributed by atoms with E-state index in [1.807, 2.05) is 30.5 Å². The fraction of sp³-hybridized carbons (Fsp3) is 0. The Labute approximate surface area is 113 Å². The summed E-state index contributed by atoms with van der Waals surface area (Å²) in [6, 6.07) is 14.4. The molecule has 0 aliphatic carbocycles. The minimum atomic E-state index is 0.873. The molecule has 0 aliphatic heterocycles. The van der Waals surface area contributed by atoms with E-state index in [0.29, 0.717) is 0 Å².